The summed E-state index contributed by atoms with van der Waals surface area (Å²) >= 11 is 0. The molecule has 2 aromatic rings. The number of para-hydroxylation sites is 1. The van der Waals surface area contributed by atoms with E-state index in [1.807, 2.05) is 6.07 Å². The number of ether oxygens (including phenoxy) is 1. The van der Waals surface area contributed by atoms with Gasteiger partial charge in [0.1, 0.15) is 12.3 Å². The number of imide groups is 1. The van der Waals surface area contributed by atoms with Crippen LogP contribution in [0, 0.1) is 0 Å². The van der Waals surface area contributed by atoms with Gasteiger partial charge in [0, 0.05) is 30.9 Å². The molecule has 1 unspecified atom stereocenters. The van der Waals surface area contributed by atoms with Gasteiger partial charge in [0.15, 0.2) is 5.54 Å². The van der Waals surface area contributed by atoms with Crippen molar-refractivity contribution in [3.63, 3.8) is 0 Å². The highest BCUT2D eigenvalue weighted by atomic mass is 16.5. The lowest BCUT2D eigenvalue weighted by Gasteiger charge is -2.33. The van der Waals surface area contributed by atoms with Crippen LogP contribution < -0.4 is 15.4 Å². The maximum Gasteiger partial charge on any atom is 0.325 e. The Morgan fingerprint density at radius 2 is 2.00 bits per heavy atom. The third kappa shape index (κ3) is 2.99. The molecular formula is C19H18N4O4. The fourth-order valence-corrected chi connectivity index (χ4v) is 3.42. The summed E-state index contributed by atoms with van der Waals surface area (Å²) < 4.78 is 5.59. The molecule has 0 radical (unpaired) electrons. The van der Waals surface area contributed by atoms with E-state index in [1.165, 1.54) is 0 Å². The van der Waals surface area contributed by atoms with Crippen LogP contribution in [0.4, 0.5) is 4.79 Å². The lowest BCUT2D eigenvalue weighted by atomic mass is 9.84. The first-order chi connectivity index (χ1) is 13.1. The van der Waals surface area contributed by atoms with Crippen molar-refractivity contribution in [3.8, 4) is 5.75 Å². The zero-order valence-corrected chi connectivity index (χ0v) is 14.5. The number of pyridine rings is 1. The van der Waals surface area contributed by atoms with Gasteiger partial charge in [0.2, 0.25) is 5.91 Å². The molecule has 2 aliphatic heterocycles. The topological polar surface area (TPSA) is 101 Å². The number of benzene rings is 1. The van der Waals surface area contributed by atoms with Gasteiger partial charge < -0.3 is 15.4 Å². The van der Waals surface area contributed by atoms with Gasteiger partial charge in [-0.2, -0.15) is 0 Å². The zero-order chi connectivity index (χ0) is 18.9. The van der Waals surface area contributed by atoms with E-state index in [4.69, 9.17) is 4.74 Å². The molecule has 4 rings (SSSR count). The number of rotatable bonds is 4. The molecule has 8 nitrogen and oxygen atoms in total. The number of carbonyl (C=O) groups is 3. The molecule has 0 bridgehead atoms. The minimum absolute atomic E-state index is 0.298. The van der Waals surface area contributed by atoms with E-state index in [1.54, 1.807) is 42.7 Å². The highest BCUT2D eigenvalue weighted by Crippen LogP contribution is 2.40. The lowest BCUT2D eigenvalue weighted by Crippen LogP contribution is -2.48. The summed E-state index contributed by atoms with van der Waals surface area (Å²) in [7, 11) is 0. The Bertz CT molecular complexity index is 902. The Hall–Kier alpha value is -3.42. The van der Waals surface area contributed by atoms with E-state index in [0.29, 0.717) is 30.9 Å². The van der Waals surface area contributed by atoms with Crippen LogP contribution in [-0.2, 0) is 21.7 Å². The second-order valence-corrected chi connectivity index (χ2v) is 6.45. The molecule has 1 fully saturated rings. The minimum atomic E-state index is -1.17. The fraction of sp³-hybridized carbons (Fsp3) is 0.263. The van der Waals surface area contributed by atoms with Gasteiger partial charge in [0.05, 0.1) is 6.61 Å². The molecule has 138 valence electrons. The van der Waals surface area contributed by atoms with Crippen LogP contribution in [0.25, 0.3) is 0 Å². The monoisotopic (exact) mass is 366 g/mol. The van der Waals surface area contributed by atoms with Gasteiger partial charge >= 0.3 is 6.03 Å². The molecular weight excluding hydrogens is 348 g/mol. The number of amides is 4. The van der Waals surface area contributed by atoms with Crippen molar-refractivity contribution in [2.45, 2.75) is 18.5 Å². The molecule has 27 heavy (non-hydrogen) atoms. The maximum atomic E-state index is 13.1. The molecule has 1 spiro atoms. The molecule has 3 heterocycles. The average molecular weight is 366 g/mol. The molecule has 1 atom stereocenters. The zero-order valence-electron chi connectivity index (χ0n) is 14.5. The van der Waals surface area contributed by atoms with Crippen LogP contribution in [0.15, 0.2) is 48.8 Å². The summed E-state index contributed by atoms with van der Waals surface area (Å²) in [5.41, 5.74) is 0.330. The molecule has 8 heteroatoms. The quantitative estimate of drug-likeness (QED) is 0.784. The normalized spacial score (nSPS) is 20.8. The first-order valence-corrected chi connectivity index (χ1v) is 8.62. The van der Waals surface area contributed by atoms with E-state index in [0.717, 1.165) is 10.5 Å². The molecule has 2 aliphatic rings. The summed E-state index contributed by atoms with van der Waals surface area (Å²) in [4.78, 5) is 42.6. The standard InChI is InChI=1S/C19H18N4O4/c24-16(21-11-13-5-8-20-9-6-13)12-23-17(25)19(22-18(23)26)7-10-27-15-4-2-1-3-14(15)19/h1-6,8-9H,7,10-12H2,(H,21,24)(H,22,26). The first kappa shape index (κ1) is 17.0. The van der Waals surface area contributed by atoms with Gasteiger partial charge in [-0.05, 0) is 23.8 Å². The Labute approximate surface area is 155 Å². The predicted molar refractivity (Wildman–Crippen MR) is 94.6 cm³/mol. The maximum absolute atomic E-state index is 13.1. The Kier molecular flexibility index (Phi) is 4.23. The third-order valence-corrected chi connectivity index (χ3v) is 4.80. The van der Waals surface area contributed by atoms with Gasteiger partial charge in [-0.15, -0.1) is 0 Å². The molecule has 4 amide bonds. The van der Waals surface area contributed by atoms with Gasteiger partial charge in [-0.1, -0.05) is 18.2 Å². The molecule has 0 saturated carbocycles. The number of aromatic nitrogens is 1. The van der Waals surface area contributed by atoms with E-state index in [-0.39, 0.29) is 6.54 Å². The second kappa shape index (κ2) is 6.71. The number of hydrogen-bond donors (Lipinski definition) is 2. The molecule has 1 aromatic carbocycles. The average Bonchev–Trinajstić information content (AvgIpc) is 2.92. The third-order valence-electron chi connectivity index (χ3n) is 4.80. The van der Waals surface area contributed by atoms with Crippen molar-refractivity contribution in [2.75, 3.05) is 13.2 Å². The number of nitrogens with one attached hydrogen (secondary N) is 2. The number of carbonyl (C=O) groups excluding carboxylic acids is 3. The van der Waals surface area contributed by atoms with Crippen molar-refractivity contribution >= 4 is 17.8 Å². The summed E-state index contributed by atoms with van der Waals surface area (Å²) in [5, 5.41) is 5.49. The smallest absolute Gasteiger partial charge is 0.325 e. The van der Waals surface area contributed by atoms with Crippen molar-refractivity contribution in [1.29, 1.82) is 0 Å². The Morgan fingerprint density at radius 3 is 2.81 bits per heavy atom. The molecule has 1 saturated heterocycles. The highest BCUT2D eigenvalue weighted by molar-refractivity contribution is 6.09. The minimum Gasteiger partial charge on any atom is -0.493 e. The van der Waals surface area contributed by atoms with Crippen LogP contribution in [0.2, 0.25) is 0 Å². The largest absolute Gasteiger partial charge is 0.493 e. The van der Waals surface area contributed by atoms with Crippen molar-refractivity contribution in [1.82, 2.24) is 20.5 Å². The summed E-state index contributed by atoms with van der Waals surface area (Å²) in [5.74, 6) is -0.267. The number of urea groups is 1. The van der Waals surface area contributed by atoms with E-state index in [2.05, 4.69) is 15.6 Å². The van der Waals surface area contributed by atoms with Crippen LogP contribution in [0.1, 0.15) is 17.5 Å². The molecule has 1 aromatic heterocycles. The summed E-state index contributed by atoms with van der Waals surface area (Å²) in [6.45, 7) is 0.276. The first-order valence-electron chi connectivity index (χ1n) is 8.62. The number of fused-ring (bicyclic) bond motifs is 2. The van der Waals surface area contributed by atoms with Gasteiger partial charge in [-0.3, -0.25) is 19.5 Å². The Balaban J connectivity index is 1.48. The van der Waals surface area contributed by atoms with E-state index in [9.17, 15) is 14.4 Å². The summed E-state index contributed by atoms with van der Waals surface area (Å²) in [6, 6.07) is 10.1. The molecule has 2 N–H and O–H groups in total. The predicted octanol–water partition coefficient (Wildman–Crippen LogP) is 0.928. The van der Waals surface area contributed by atoms with Crippen LogP contribution in [0.5, 0.6) is 5.75 Å². The second-order valence-electron chi connectivity index (χ2n) is 6.45. The van der Waals surface area contributed by atoms with E-state index < -0.39 is 23.4 Å². The lowest BCUT2D eigenvalue weighted by molar-refractivity contribution is -0.136. The van der Waals surface area contributed by atoms with Gasteiger partial charge in [0.25, 0.3) is 5.91 Å². The fourth-order valence-electron chi connectivity index (χ4n) is 3.42. The van der Waals surface area contributed by atoms with Crippen molar-refractivity contribution in [3.05, 3.63) is 59.9 Å². The van der Waals surface area contributed by atoms with Crippen LogP contribution in [0.3, 0.4) is 0 Å². The SMILES string of the molecule is O=C(CN1C(=O)NC2(CCOc3ccccc32)C1=O)NCc1ccncc1. The van der Waals surface area contributed by atoms with Crippen LogP contribution >= 0.6 is 0 Å². The molecule has 0 aliphatic carbocycles. The number of nitrogens with zero attached hydrogens (tertiary/aromatic N) is 2. The van der Waals surface area contributed by atoms with Crippen LogP contribution in [-0.4, -0.2) is 40.9 Å². The number of hydrogen-bond acceptors (Lipinski definition) is 5. The van der Waals surface area contributed by atoms with E-state index >= 15 is 0 Å². The summed E-state index contributed by atoms with van der Waals surface area (Å²) in [6.07, 6.45) is 3.58. The van der Waals surface area contributed by atoms with Crippen molar-refractivity contribution < 1.29 is 19.1 Å². The van der Waals surface area contributed by atoms with Crippen molar-refractivity contribution in [2.24, 2.45) is 0 Å². The Morgan fingerprint density at radius 1 is 1.22 bits per heavy atom. The van der Waals surface area contributed by atoms with Gasteiger partial charge in [-0.25, -0.2) is 4.79 Å². The highest BCUT2D eigenvalue weighted by Gasteiger charge is 2.55.